The summed E-state index contributed by atoms with van der Waals surface area (Å²) >= 11 is 5.64. The van der Waals surface area contributed by atoms with Crippen molar-refractivity contribution in [1.82, 2.24) is 0 Å². The Hall–Kier alpha value is -2.07. The summed E-state index contributed by atoms with van der Waals surface area (Å²) in [6.45, 7) is 2.22. The van der Waals surface area contributed by atoms with E-state index in [-0.39, 0.29) is 5.56 Å². The van der Waals surface area contributed by atoms with E-state index in [2.05, 4.69) is 0 Å². The number of ether oxygens (including phenoxy) is 1. The number of Topliss-reactive ketones (excluding diaryl/α,β-unsaturated/α-hetero) is 1. The van der Waals surface area contributed by atoms with Gasteiger partial charge >= 0.3 is 5.97 Å². The first kappa shape index (κ1) is 15.3. The molecule has 0 radical (unpaired) electrons. The van der Waals surface area contributed by atoms with Crippen LogP contribution in [0.2, 0.25) is 0 Å². The number of carboxylic acid groups (broad SMARTS) is 1. The highest BCUT2D eigenvalue weighted by molar-refractivity contribution is 6.42. The van der Waals surface area contributed by atoms with Crippen LogP contribution in [-0.4, -0.2) is 29.3 Å². The number of aryl methyl sites for hydroxylation is 1. The Morgan fingerprint density at radius 1 is 1.24 bits per heavy atom. The average Bonchev–Trinajstić information content (AvgIpc) is 2.51. The molecule has 1 N–H and O–H groups in total. The predicted octanol–water partition coefficient (Wildman–Crippen LogP) is 3.29. The van der Waals surface area contributed by atoms with Crippen molar-refractivity contribution in [1.29, 1.82) is 0 Å². The quantitative estimate of drug-likeness (QED) is 0.505. The second kappa shape index (κ2) is 6.59. The third kappa shape index (κ3) is 3.00. The lowest BCUT2D eigenvalue weighted by Crippen LogP contribution is -2.16. The van der Waals surface area contributed by atoms with Crippen LogP contribution < -0.4 is 4.74 Å². The topological polar surface area (TPSA) is 63.6 Å². The summed E-state index contributed by atoms with van der Waals surface area (Å²) in [4.78, 5) is 23.1. The fourth-order valence-corrected chi connectivity index (χ4v) is 2.40. The zero-order valence-electron chi connectivity index (χ0n) is 11.6. The molecule has 0 aromatic heterocycles. The zero-order valence-corrected chi connectivity index (χ0v) is 12.3. The maximum absolute atomic E-state index is 12.0. The van der Waals surface area contributed by atoms with Crippen LogP contribution in [0.3, 0.4) is 0 Å². The molecular formula is C16H15ClO4. The number of hydrogen-bond donors (Lipinski definition) is 1. The summed E-state index contributed by atoms with van der Waals surface area (Å²) in [5, 5.41) is 10.3. The number of hydrogen-bond acceptors (Lipinski definition) is 3. The van der Waals surface area contributed by atoms with Crippen LogP contribution in [0.4, 0.5) is 0 Å². The van der Waals surface area contributed by atoms with Gasteiger partial charge in [-0.05, 0) is 23.4 Å². The first-order valence-corrected chi connectivity index (χ1v) is 7.14. The average molecular weight is 307 g/mol. The fraction of sp³-hybridized carbons (Fsp3) is 0.250. The number of fused-ring (bicyclic) bond motifs is 1. The first-order valence-electron chi connectivity index (χ1n) is 6.61. The number of ketones is 1. The van der Waals surface area contributed by atoms with Crippen LogP contribution >= 0.6 is 11.6 Å². The van der Waals surface area contributed by atoms with Gasteiger partial charge in [-0.2, -0.15) is 0 Å². The van der Waals surface area contributed by atoms with E-state index in [1.165, 1.54) is 0 Å². The Balaban J connectivity index is 2.73. The largest absolute Gasteiger partial charge is 0.492 e. The smallest absolute Gasteiger partial charge is 0.377 e. The second-order valence-corrected chi connectivity index (χ2v) is 4.86. The molecule has 2 aromatic rings. The molecule has 0 atom stereocenters. The number of carbonyl (C=O) groups excluding carboxylic acids is 1. The minimum atomic E-state index is -1.45. The van der Waals surface area contributed by atoms with Crippen LogP contribution in [0.15, 0.2) is 30.3 Å². The van der Waals surface area contributed by atoms with E-state index in [0.717, 1.165) is 0 Å². The number of carbonyl (C=O) groups is 2. The highest BCUT2D eigenvalue weighted by atomic mass is 35.5. The second-order valence-electron chi connectivity index (χ2n) is 4.48. The molecule has 4 nitrogen and oxygen atoms in total. The molecule has 0 saturated heterocycles. The van der Waals surface area contributed by atoms with Crippen molar-refractivity contribution in [3.63, 3.8) is 0 Å². The molecule has 0 aliphatic rings. The predicted molar refractivity (Wildman–Crippen MR) is 81.5 cm³/mol. The maximum atomic E-state index is 12.0. The number of halogens is 1. The lowest BCUT2D eigenvalue weighted by molar-refractivity contribution is -0.131. The molecule has 0 unspecified atom stereocenters. The van der Waals surface area contributed by atoms with Crippen molar-refractivity contribution in [2.24, 2.45) is 0 Å². The Bertz CT molecular complexity index is 694. The molecule has 0 amide bonds. The third-order valence-electron chi connectivity index (χ3n) is 3.23. The van der Waals surface area contributed by atoms with Crippen LogP contribution in [0, 0.1) is 0 Å². The SMILES string of the molecule is CCc1cc(OCCCl)c2ccccc2c1C(=O)C(=O)O. The van der Waals surface area contributed by atoms with Gasteiger partial charge in [-0.3, -0.25) is 4.79 Å². The molecule has 0 bridgehead atoms. The maximum Gasteiger partial charge on any atom is 0.377 e. The van der Waals surface area contributed by atoms with E-state index in [0.29, 0.717) is 41.0 Å². The van der Waals surface area contributed by atoms with Gasteiger partial charge in [0.05, 0.1) is 5.88 Å². The van der Waals surface area contributed by atoms with Crippen molar-refractivity contribution >= 4 is 34.1 Å². The molecule has 5 heteroatoms. The molecule has 2 rings (SSSR count). The summed E-state index contributed by atoms with van der Waals surface area (Å²) in [6.07, 6.45) is 0.538. The third-order valence-corrected chi connectivity index (χ3v) is 3.38. The monoisotopic (exact) mass is 306 g/mol. The standard InChI is InChI=1S/C16H15ClO4/c1-2-10-9-13(21-8-7-17)11-5-3-4-6-12(11)14(10)15(18)16(19)20/h3-6,9H,2,7-8H2,1H3,(H,19,20). The van der Waals surface area contributed by atoms with E-state index in [1.807, 2.05) is 13.0 Å². The molecular weight excluding hydrogens is 292 g/mol. The minimum absolute atomic E-state index is 0.235. The molecule has 21 heavy (non-hydrogen) atoms. The number of rotatable bonds is 6. The van der Waals surface area contributed by atoms with Crippen molar-refractivity contribution < 1.29 is 19.4 Å². The van der Waals surface area contributed by atoms with E-state index >= 15 is 0 Å². The Morgan fingerprint density at radius 3 is 2.48 bits per heavy atom. The van der Waals surface area contributed by atoms with Gasteiger partial charge in [-0.15, -0.1) is 11.6 Å². The van der Waals surface area contributed by atoms with E-state index < -0.39 is 11.8 Å². The van der Waals surface area contributed by atoms with E-state index in [1.54, 1.807) is 24.3 Å². The number of alkyl halides is 1. The first-order chi connectivity index (χ1) is 10.1. The Kier molecular flexibility index (Phi) is 4.81. The van der Waals surface area contributed by atoms with E-state index in [9.17, 15) is 9.59 Å². The van der Waals surface area contributed by atoms with Gasteiger partial charge in [-0.1, -0.05) is 31.2 Å². The summed E-state index contributed by atoms with van der Waals surface area (Å²) in [5.41, 5.74) is 0.893. The highest BCUT2D eigenvalue weighted by Crippen LogP contribution is 2.32. The van der Waals surface area contributed by atoms with Gasteiger partial charge in [0.15, 0.2) is 0 Å². The lowest BCUT2D eigenvalue weighted by Gasteiger charge is -2.14. The van der Waals surface area contributed by atoms with Gasteiger partial charge < -0.3 is 9.84 Å². The number of carboxylic acids is 1. The summed E-state index contributed by atoms with van der Waals surface area (Å²) < 4.78 is 5.62. The van der Waals surface area contributed by atoms with Gasteiger partial charge in [0.25, 0.3) is 5.78 Å². The van der Waals surface area contributed by atoms with E-state index in [4.69, 9.17) is 21.4 Å². The van der Waals surface area contributed by atoms with Crippen LogP contribution in [0.5, 0.6) is 5.75 Å². The molecule has 0 fully saturated rings. The van der Waals surface area contributed by atoms with Crippen molar-refractivity contribution in [2.45, 2.75) is 13.3 Å². The Morgan fingerprint density at radius 2 is 1.90 bits per heavy atom. The zero-order chi connectivity index (χ0) is 15.4. The highest BCUT2D eigenvalue weighted by Gasteiger charge is 2.22. The van der Waals surface area contributed by atoms with Gasteiger partial charge in [0.1, 0.15) is 12.4 Å². The van der Waals surface area contributed by atoms with Crippen LogP contribution in [0.25, 0.3) is 10.8 Å². The Labute approximate surface area is 127 Å². The van der Waals surface area contributed by atoms with Crippen molar-refractivity contribution in [3.05, 3.63) is 41.5 Å². The van der Waals surface area contributed by atoms with Crippen molar-refractivity contribution in [3.8, 4) is 5.75 Å². The molecule has 0 heterocycles. The molecule has 2 aromatic carbocycles. The lowest BCUT2D eigenvalue weighted by atomic mass is 9.93. The van der Waals surface area contributed by atoms with Crippen LogP contribution in [0.1, 0.15) is 22.8 Å². The van der Waals surface area contributed by atoms with Crippen molar-refractivity contribution in [2.75, 3.05) is 12.5 Å². The van der Waals surface area contributed by atoms with Gasteiger partial charge in [-0.25, -0.2) is 4.79 Å². The molecule has 0 aliphatic heterocycles. The van der Waals surface area contributed by atoms with Gasteiger partial charge in [0, 0.05) is 10.9 Å². The minimum Gasteiger partial charge on any atom is -0.492 e. The normalized spacial score (nSPS) is 10.6. The fourth-order valence-electron chi connectivity index (χ4n) is 2.32. The summed E-state index contributed by atoms with van der Waals surface area (Å²) in [7, 11) is 0. The molecule has 0 spiro atoms. The van der Waals surface area contributed by atoms with Gasteiger partial charge in [0.2, 0.25) is 0 Å². The number of aliphatic carboxylic acids is 1. The summed E-state index contributed by atoms with van der Waals surface area (Å²) in [5.74, 6) is -1.38. The molecule has 110 valence electrons. The number of benzene rings is 2. The molecule has 0 aliphatic carbocycles. The molecule has 0 saturated carbocycles. The summed E-state index contributed by atoms with van der Waals surface area (Å²) in [6, 6.07) is 8.85. The van der Waals surface area contributed by atoms with Crippen LogP contribution in [-0.2, 0) is 11.2 Å².